The van der Waals surface area contributed by atoms with Gasteiger partial charge in [-0.15, -0.1) is 6.58 Å². The van der Waals surface area contributed by atoms with Crippen LogP contribution in [-0.4, -0.2) is 28.5 Å². The molecule has 0 aliphatic heterocycles. The van der Waals surface area contributed by atoms with Crippen molar-refractivity contribution in [3.05, 3.63) is 42.2 Å². The van der Waals surface area contributed by atoms with Crippen LogP contribution in [-0.2, 0) is 0 Å². The molecule has 0 saturated heterocycles. The Kier molecular flexibility index (Phi) is 3.13. The predicted molar refractivity (Wildman–Crippen MR) is 62.3 cm³/mol. The molecule has 90 valence electrons. The van der Waals surface area contributed by atoms with E-state index in [-0.39, 0.29) is 23.3 Å². The molecular formula is C13H14FNO2. The summed E-state index contributed by atoms with van der Waals surface area (Å²) in [6.45, 7) is 4.01. The number of hydrogen-bond acceptors (Lipinski definition) is 2. The van der Waals surface area contributed by atoms with Gasteiger partial charge in [-0.05, 0) is 31.0 Å². The van der Waals surface area contributed by atoms with E-state index in [0.29, 0.717) is 6.54 Å². The van der Waals surface area contributed by atoms with Crippen LogP contribution in [0.2, 0.25) is 0 Å². The molecule has 1 aromatic carbocycles. The van der Waals surface area contributed by atoms with Crippen LogP contribution in [0.15, 0.2) is 30.9 Å². The minimum absolute atomic E-state index is 0.0127. The number of benzene rings is 1. The molecule has 1 saturated carbocycles. The fourth-order valence-corrected chi connectivity index (χ4v) is 1.76. The van der Waals surface area contributed by atoms with Gasteiger partial charge in [-0.1, -0.05) is 6.08 Å². The number of phenols is 1. The van der Waals surface area contributed by atoms with Crippen molar-refractivity contribution in [2.45, 2.75) is 18.9 Å². The summed E-state index contributed by atoms with van der Waals surface area (Å²) in [5.41, 5.74) is 0.0127. The van der Waals surface area contributed by atoms with E-state index < -0.39 is 5.82 Å². The maximum atomic E-state index is 13.1. The third kappa shape index (κ3) is 2.46. The zero-order valence-electron chi connectivity index (χ0n) is 9.40. The molecule has 0 bridgehead atoms. The lowest BCUT2D eigenvalue weighted by molar-refractivity contribution is 0.0759. The minimum atomic E-state index is -0.527. The Morgan fingerprint density at radius 1 is 1.59 bits per heavy atom. The number of halogens is 1. The third-order valence-electron chi connectivity index (χ3n) is 2.76. The summed E-state index contributed by atoms with van der Waals surface area (Å²) in [7, 11) is 0. The standard InChI is InChI=1S/C13H14FNO2/c1-2-7-15(10-4-5-10)13(17)11-8-9(14)3-6-12(11)16/h2-3,6,8,10,16H,1,4-5,7H2. The first-order chi connectivity index (χ1) is 8.13. The summed E-state index contributed by atoms with van der Waals surface area (Å²) in [5.74, 6) is -1.06. The van der Waals surface area contributed by atoms with Crippen molar-refractivity contribution in [1.82, 2.24) is 4.90 Å². The van der Waals surface area contributed by atoms with Crippen molar-refractivity contribution in [3.63, 3.8) is 0 Å². The average molecular weight is 235 g/mol. The summed E-state index contributed by atoms with van der Waals surface area (Å²) in [6.07, 6.45) is 3.54. The first-order valence-corrected chi connectivity index (χ1v) is 5.54. The van der Waals surface area contributed by atoms with Gasteiger partial charge in [0.05, 0.1) is 5.56 Å². The molecular weight excluding hydrogens is 221 g/mol. The van der Waals surface area contributed by atoms with Gasteiger partial charge >= 0.3 is 0 Å². The highest BCUT2D eigenvalue weighted by Gasteiger charge is 2.33. The molecule has 4 heteroatoms. The predicted octanol–water partition coefficient (Wildman–Crippen LogP) is 2.32. The van der Waals surface area contributed by atoms with Crippen molar-refractivity contribution in [2.24, 2.45) is 0 Å². The van der Waals surface area contributed by atoms with Crippen LogP contribution in [0.25, 0.3) is 0 Å². The van der Waals surface area contributed by atoms with Crippen molar-refractivity contribution in [1.29, 1.82) is 0 Å². The van der Waals surface area contributed by atoms with Crippen LogP contribution in [0.3, 0.4) is 0 Å². The van der Waals surface area contributed by atoms with Crippen LogP contribution < -0.4 is 0 Å². The van der Waals surface area contributed by atoms with E-state index in [4.69, 9.17) is 0 Å². The molecule has 1 amide bonds. The van der Waals surface area contributed by atoms with E-state index in [2.05, 4.69) is 6.58 Å². The average Bonchev–Trinajstić information content (AvgIpc) is 3.12. The number of amides is 1. The first kappa shape index (κ1) is 11.6. The van der Waals surface area contributed by atoms with Gasteiger partial charge in [0.1, 0.15) is 11.6 Å². The molecule has 0 spiro atoms. The van der Waals surface area contributed by atoms with Crippen molar-refractivity contribution >= 4 is 5.91 Å². The minimum Gasteiger partial charge on any atom is -0.507 e. The SMILES string of the molecule is C=CCN(C(=O)c1cc(F)ccc1O)C1CC1. The Balaban J connectivity index is 2.27. The van der Waals surface area contributed by atoms with Crippen molar-refractivity contribution in [3.8, 4) is 5.75 Å². The van der Waals surface area contributed by atoms with E-state index in [1.165, 1.54) is 6.07 Å². The van der Waals surface area contributed by atoms with Crippen LogP contribution in [0.5, 0.6) is 5.75 Å². The normalized spacial score (nSPS) is 14.4. The highest BCUT2D eigenvalue weighted by Crippen LogP contribution is 2.30. The molecule has 2 rings (SSSR count). The van der Waals surface area contributed by atoms with Gasteiger partial charge in [-0.25, -0.2) is 4.39 Å². The zero-order valence-corrected chi connectivity index (χ0v) is 9.40. The number of carbonyl (C=O) groups excluding carboxylic acids is 1. The highest BCUT2D eigenvalue weighted by molar-refractivity contribution is 5.97. The molecule has 3 nitrogen and oxygen atoms in total. The summed E-state index contributed by atoms with van der Waals surface area (Å²) < 4.78 is 13.1. The monoisotopic (exact) mass is 235 g/mol. The molecule has 0 atom stereocenters. The second kappa shape index (κ2) is 4.57. The number of nitrogens with zero attached hydrogens (tertiary/aromatic N) is 1. The smallest absolute Gasteiger partial charge is 0.258 e. The van der Waals surface area contributed by atoms with Gasteiger partial charge in [0.15, 0.2) is 0 Å². The summed E-state index contributed by atoms with van der Waals surface area (Å²) in [4.78, 5) is 13.8. The molecule has 0 radical (unpaired) electrons. The Morgan fingerprint density at radius 2 is 2.29 bits per heavy atom. The Bertz CT molecular complexity index is 455. The molecule has 1 aliphatic carbocycles. The molecule has 1 aromatic rings. The molecule has 1 fully saturated rings. The molecule has 0 unspecified atom stereocenters. The van der Waals surface area contributed by atoms with E-state index in [1.807, 2.05) is 0 Å². The Hall–Kier alpha value is -1.84. The van der Waals surface area contributed by atoms with Crippen molar-refractivity contribution < 1.29 is 14.3 Å². The molecule has 1 aliphatic rings. The van der Waals surface area contributed by atoms with Gasteiger partial charge in [-0.2, -0.15) is 0 Å². The summed E-state index contributed by atoms with van der Waals surface area (Å²) >= 11 is 0. The summed E-state index contributed by atoms with van der Waals surface area (Å²) in [5, 5.41) is 9.58. The van der Waals surface area contributed by atoms with E-state index in [0.717, 1.165) is 25.0 Å². The molecule has 17 heavy (non-hydrogen) atoms. The number of hydrogen-bond donors (Lipinski definition) is 1. The lowest BCUT2D eigenvalue weighted by Gasteiger charge is -2.21. The largest absolute Gasteiger partial charge is 0.507 e. The van der Waals surface area contributed by atoms with Gasteiger partial charge in [-0.3, -0.25) is 4.79 Å². The van der Waals surface area contributed by atoms with Crippen LogP contribution in [0, 0.1) is 5.82 Å². The van der Waals surface area contributed by atoms with E-state index >= 15 is 0 Å². The van der Waals surface area contributed by atoms with Crippen LogP contribution >= 0.6 is 0 Å². The lowest BCUT2D eigenvalue weighted by Crippen LogP contribution is -2.33. The van der Waals surface area contributed by atoms with E-state index in [1.54, 1.807) is 11.0 Å². The fraction of sp³-hybridized carbons (Fsp3) is 0.308. The first-order valence-electron chi connectivity index (χ1n) is 5.54. The molecule has 0 aromatic heterocycles. The molecule has 0 heterocycles. The fourth-order valence-electron chi connectivity index (χ4n) is 1.76. The number of phenolic OH excluding ortho intramolecular Hbond substituents is 1. The lowest BCUT2D eigenvalue weighted by atomic mass is 10.1. The maximum Gasteiger partial charge on any atom is 0.258 e. The van der Waals surface area contributed by atoms with Crippen LogP contribution in [0.1, 0.15) is 23.2 Å². The van der Waals surface area contributed by atoms with Gasteiger partial charge in [0, 0.05) is 12.6 Å². The zero-order chi connectivity index (χ0) is 12.4. The topological polar surface area (TPSA) is 40.5 Å². The third-order valence-corrected chi connectivity index (χ3v) is 2.76. The Morgan fingerprint density at radius 3 is 2.88 bits per heavy atom. The highest BCUT2D eigenvalue weighted by atomic mass is 19.1. The van der Waals surface area contributed by atoms with E-state index in [9.17, 15) is 14.3 Å². The number of carbonyl (C=O) groups is 1. The van der Waals surface area contributed by atoms with Gasteiger partial charge in [0.25, 0.3) is 5.91 Å². The van der Waals surface area contributed by atoms with Gasteiger partial charge < -0.3 is 10.0 Å². The number of aromatic hydroxyl groups is 1. The second-order valence-electron chi connectivity index (χ2n) is 4.14. The van der Waals surface area contributed by atoms with Crippen molar-refractivity contribution in [2.75, 3.05) is 6.54 Å². The quantitative estimate of drug-likeness (QED) is 0.814. The maximum absolute atomic E-state index is 13.1. The Labute approximate surface area is 99.2 Å². The number of rotatable bonds is 4. The summed E-state index contributed by atoms with van der Waals surface area (Å²) in [6, 6.07) is 3.59. The second-order valence-corrected chi connectivity index (χ2v) is 4.14. The van der Waals surface area contributed by atoms with Crippen LogP contribution in [0.4, 0.5) is 4.39 Å². The molecule has 1 N–H and O–H groups in total. The van der Waals surface area contributed by atoms with Gasteiger partial charge in [0.2, 0.25) is 0 Å².